The molecule has 0 spiro atoms. The van der Waals surface area contributed by atoms with Crippen molar-refractivity contribution in [1.82, 2.24) is 0 Å². The van der Waals surface area contributed by atoms with Gasteiger partial charge < -0.3 is 4.74 Å². The number of benzene rings is 1. The molecule has 0 saturated carbocycles. The maximum Gasteiger partial charge on any atom is 0.175 e. The highest BCUT2D eigenvalue weighted by Crippen LogP contribution is 2.19. The molecule has 0 N–H and O–H groups in total. The highest BCUT2D eigenvalue weighted by atomic mass is 32.2. The smallest absolute Gasteiger partial charge is 0.175 e. The van der Waals surface area contributed by atoms with Crippen LogP contribution in [-0.4, -0.2) is 26.6 Å². The monoisotopic (exact) mass is 256 g/mol. The molecule has 0 aliphatic carbocycles. The van der Waals surface area contributed by atoms with Crippen molar-refractivity contribution in [2.45, 2.75) is 31.3 Å². The van der Waals surface area contributed by atoms with E-state index in [0.29, 0.717) is 12.2 Å². The molecule has 1 atom stereocenters. The topological polar surface area (TPSA) is 60.4 Å². The Hall–Kier alpha value is -1.36. The Labute approximate surface area is 102 Å². The summed E-state index contributed by atoms with van der Waals surface area (Å²) in [5.41, 5.74) is 0. The summed E-state index contributed by atoms with van der Waals surface area (Å²) < 4.78 is 28.2. The molecule has 1 aromatic carbocycles. The third kappa shape index (κ3) is 4.56. The Balaban J connectivity index is 2.83. The number of carbonyl (C=O) groups excluding carboxylic acids is 1. The Kier molecular flexibility index (Phi) is 4.28. The molecule has 5 heteroatoms. The van der Waals surface area contributed by atoms with Crippen molar-refractivity contribution in [3.8, 4) is 5.75 Å². The summed E-state index contributed by atoms with van der Waals surface area (Å²) in [5.74, 6) is 0.499. The molecule has 0 saturated heterocycles. The summed E-state index contributed by atoms with van der Waals surface area (Å²) in [5, 5.41) is 0. The molecule has 0 radical (unpaired) electrons. The first kappa shape index (κ1) is 13.7. The third-order valence-corrected chi connectivity index (χ3v) is 3.26. The SMILES string of the molecule is CC(=O)CC(C)Oc1cccc(S(C)(=O)=O)c1. The van der Waals surface area contributed by atoms with E-state index in [1.54, 1.807) is 19.1 Å². The molecule has 0 bridgehead atoms. The van der Waals surface area contributed by atoms with Gasteiger partial charge in [0.1, 0.15) is 17.6 Å². The fraction of sp³-hybridized carbons (Fsp3) is 0.417. The summed E-state index contributed by atoms with van der Waals surface area (Å²) in [6.45, 7) is 3.27. The van der Waals surface area contributed by atoms with Crippen LogP contribution in [0.2, 0.25) is 0 Å². The second-order valence-corrected chi connectivity index (χ2v) is 6.10. The van der Waals surface area contributed by atoms with Gasteiger partial charge in [-0.25, -0.2) is 8.42 Å². The second kappa shape index (κ2) is 5.31. The number of Topliss-reactive ketones (excluding diaryl/α,β-unsaturated/α-hetero) is 1. The van der Waals surface area contributed by atoms with Crippen LogP contribution in [0.15, 0.2) is 29.2 Å². The average molecular weight is 256 g/mol. The molecule has 17 heavy (non-hydrogen) atoms. The Morgan fingerprint density at radius 3 is 2.59 bits per heavy atom. The number of ether oxygens (including phenoxy) is 1. The zero-order chi connectivity index (χ0) is 13.1. The van der Waals surface area contributed by atoms with E-state index in [-0.39, 0.29) is 16.8 Å². The summed E-state index contributed by atoms with van der Waals surface area (Å²) in [7, 11) is -3.23. The molecular formula is C12H16O4S. The zero-order valence-corrected chi connectivity index (χ0v) is 11.0. The van der Waals surface area contributed by atoms with Crippen LogP contribution >= 0.6 is 0 Å². The number of ketones is 1. The molecule has 0 amide bonds. The summed E-state index contributed by atoms with van der Waals surface area (Å²) >= 11 is 0. The van der Waals surface area contributed by atoms with Crippen LogP contribution < -0.4 is 4.74 Å². The normalized spacial score (nSPS) is 13.1. The van der Waals surface area contributed by atoms with E-state index in [9.17, 15) is 13.2 Å². The Morgan fingerprint density at radius 1 is 1.41 bits per heavy atom. The first-order valence-electron chi connectivity index (χ1n) is 5.25. The van der Waals surface area contributed by atoms with Crippen molar-refractivity contribution in [3.05, 3.63) is 24.3 Å². The van der Waals surface area contributed by atoms with Gasteiger partial charge in [0.05, 0.1) is 4.90 Å². The standard InChI is InChI=1S/C12H16O4S/c1-9(13)7-10(2)16-11-5-4-6-12(8-11)17(3,14)15/h4-6,8,10H,7H2,1-3H3. The molecule has 1 rings (SSSR count). The minimum absolute atomic E-state index is 0.0387. The van der Waals surface area contributed by atoms with Gasteiger partial charge in [-0.1, -0.05) is 6.07 Å². The zero-order valence-electron chi connectivity index (χ0n) is 10.1. The second-order valence-electron chi connectivity index (χ2n) is 4.08. The van der Waals surface area contributed by atoms with Crippen molar-refractivity contribution < 1.29 is 17.9 Å². The predicted octanol–water partition coefficient (Wildman–Crippen LogP) is 1.84. The number of rotatable bonds is 5. The van der Waals surface area contributed by atoms with Gasteiger partial charge >= 0.3 is 0 Å². The molecule has 1 aromatic rings. The highest BCUT2D eigenvalue weighted by molar-refractivity contribution is 7.90. The van der Waals surface area contributed by atoms with Crippen LogP contribution in [0, 0.1) is 0 Å². The molecule has 0 aromatic heterocycles. The fourth-order valence-corrected chi connectivity index (χ4v) is 2.11. The molecule has 1 unspecified atom stereocenters. The quantitative estimate of drug-likeness (QED) is 0.806. The molecule has 94 valence electrons. The predicted molar refractivity (Wildman–Crippen MR) is 64.9 cm³/mol. The van der Waals surface area contributed by atoms with Crippen LogP contribution in [0.1, 0.15) is 20.3 Å². The first-order chi connectivity index (χ1) is 7.79. The van der Waals surface area contributed by atoms with Gasteiger partial charge in [0.25, 0.3) is 0 Å². The summed E-state index contributed by atoms with van der Waals surface area (Å²) in [4.78, 5) is 11.1. The van der Waals surface area contributed by atoms with Gasteiger partial charge in [-0.05, 0) is 32.0 Å². The van der Waals surface area contributed by atoms with Crippen molar-refractivity contribution in [2.75, 3.05) is 6.26 Å². The van der Waals surface area contributed by atoms with Crippen molar-refractivity contribution in [2.24, 2.45) is 0 Å². The lowest BCUT2D eigenvalue weighted by Crippen LogP contribution is -2.15. The van der Waals surface area contributed by atoms with Crippen LogP contribution in [0.5, 0.6) is 5.75 Å². The van der Waals surface area contributed by atoms with Crippen LogP contribution in [0.4, 0.5) is 0 Å². The average Bonchev–Trinajstić information content (AvgIpc) is 2.15. The largest absolute Gasteiger partial charge is 0.490 e. The number of carbonyl (C=O) groups is 1. The Morgan fingerprint density at radius 2 is 2.06 bits per heavy atom. The van der Waals surface area contributed by atoms with Crippen molar-refractivity contribution in [3.63, 3.8) is 0 Å². The maximum absolute atomic E-state index is 11.3. The number of hydrogen-bond donors (Lipinski definition) is 0. The van der Waals surface area contributed by atoms with Crippen molar-refractivity contribution in [1.29, 1.82) is 0 Å². The number of sulfone groups is 1. The fourth-order valence-electron chi connectivity index (χ4n) is 1.46. The van der Waals surface area contributed by atoms with Gasteiger partial charge in [-0.15, -0.1) is 0 Å². The van der Waals surface area contributed by atoms with Crippen LogP contribution in [-0.2, 0) is 14.6 Å². The lowest BCUT2D eigenvalue weighted by Gasteiger charge is -2.13. The molecule has 0 aliphatic rings. The highest BCUT2D eigenvalue weighted by Gasteiger charge is 2.10. The number of hydrogen-bond acceptors (Lipinski definition) is 4. The van der Waals surface area contributed by atoms with E-state index >= 15 is 0 Å². The first-order valence-corrected chi connectivity index (χ1v) is 7.14. The van der Waals surface area contributed by atoms with Gasteiger partial charge in [0, 0.05) is 12.7 Å². The molecule has 0 heterocycles. The lowest BCUT2D eigenvalue weighted by molar-refractivity contribution is -0.118. The van der Waals surface area contributed by atoms with Gasteiger partial charge in [0.2, 0.25) is 0 Å². The van der Waals surface area contributed by atoms with Gasteiger partial charge in [-0.3, -0.25) is 4.79 Å². The van der Waals surface area contributed by atoms with Crippen molar-refractivity contribution >= 4 is 15.6 Å². The maximum atomic E-state index is 11.3. The molecule has 0 fully saturated rings. The van der Waals surface area contributed by atoms with E-state index in [0.717, 1.165) is 6.26 Å². The summed E-state index contributed by atoms with van der Waals surface area (Å²) in [6.07, 6.45) is 1.19. The molecular weight excluding hydrogens is 240 g/mol. The van der Waals surface area contributed by atoms with Gasteiger partial charge in [-0.2, -0.15) is 0 Å². The van der Waals surface area contributed by atoms with Gasteiger partial charge in [0.15, 0.2) is 9.84 Å². The minimum Gasteiger partial charge on any atom is -0.490 e. The van der Waals surface area contributed by atoms with Crippen LogP contribution in [0.3, 0.4) is 0 Å². The van der Waals surface area contributed by atoms with Crippen LogP contribution in [0.25, 0.3) is 0 Å². The third-order valence-electron chi connectivity index (χ3n) is 2.15. The summed E-state index contributed by atoms with van der Waals surface area (Å²) in [6, 6.07) is 6.27. The van der Waals surface area contributed by atoms with E-state index in [2.05, 4.69) is 0 Å². The molecule has 4 nitrogen and oxygen atoms in total. The van der Waals surface area contributed by atoms with E-state index < -0.39 is 9.84 Å². The van der Waals surface area contributed by atoms with E-state index in [1.165, 1.54) is 19.1 Å². The van der Waals surface area contributed by atoms with E-state index in [1.807, 2.05) is 0 Å². The molecule has 0 aliphatic heterocycles. The Bertz CT molecular complexity index is 505. The lowest BCUT2D eigenvalue weighted by atomic mass is 10.2. The minimum atomic E-state index is -3.23. The van der Waals surface area contributed by atoms with E-state index in [4.69, 9.17) is 4.74 Å².